The van der Waals surface area contributed by atoms with E-state index in [0.29, 0.717) is 0 Å². The maximum atomic E-state index is 11.5. The summed E-state index contributed by atoms with van der Waals surface area (Å²) in [5, 5.41) is 0. The number of fused-ring (bicyclic) bond motifs is 2. The minimum Gasteiger partial charge on any atom is -0.371 e. The van der Waals surface area contributed by atoms with Crippen molar-refractivity contribution in [2.24, 2.45) is 0 Å². The maximum absolute atomic E-state index is 11.5. The fourth-order valence-electron chi connectivity index (χ4n) is 2.94. The Labute approximate surface area is 127 Å². The molecule has 1 aromatic rings. The van der Waals surface area contributed by atoms with Crippen molar-refractivity contribution in [2.75, 3.05) is 18.0 Å². The number of nitrogens with zero attached hydrogens (tertiary/aromatic N) is 2. The van der Waals surface area contributed by atoms with Crippen molar-refractivity contribution in [2.45, 2.75) is 19.3 Å². The van der Waals surface area contributed by atoms with Crippen LogP contribution in [-0.2, 0) is 0 Å². The number of anilines is 1. The third kappa shape index (κ3) is 2.40. The van der Waals surface area contributed by atoms with Crippen molar-refractivity contribution in [1.82, 2.24) is 4.98 Å². The van der Waals surface area contributed by atoms with Crippen LogP contribution < -0.4 is 10.3 Å². The molecular formula is C17H16N2OS. The maximum Gasteiger partial charge on any atom is 0.180 e. The molecule has 0 aromatic heterocycles. The summed E-state index contributed by atoms with van der Waals surface area (Å²) in [4.78, 5) is 19.6. The van der Waals surface area contributed by atoms with E-state index >= 15 is 0 Å². The Hall–Kier alpha value is -1.94. The topological polar surface area (TPSA) is 33.2 Å². The fourth-order valence-corrected chi connectivity index (χ4v) is 3.97. The van der Waals surface area contributed by atoms with Gasteiger partial charge in [0.25, 0.3) is 0 Å². The van der Waals surface area contributed by atoms with E-state index in [1.54, 1.807) is 23.5 Å². The summed E-state index contributed by atoms with van der Waals surface area (Å²) >= 11 is 1.65. The molecule has 1 aliphatic carbocycles. The molecular weight excluding hydrogens is 280 g/mol. The molecule has 0 unspecified atom stereocenters. The van der Waals surface area contributed by atoms with Crippen molar-refractivity contribution in [3.63, 3.8) is 0 Å². The van der Waals surface area contributed by atoms with E-state index in [0.717, 1.165) is 33.9 Å². The average molecular weight is 296 g/mol. The van der Waals surface area contributed by atoms with Gasteiger partial charge in [0, 0.05) is 24.8 Å². The number of benzene rings is 2. The van der Waals surface area contributed by atoms with Crippen LogP contribution in [0.5, 0.6) is 0 Å². The highest BCUT2D eigenvalue weighted by Crippen LogP contribution is 2.32. The average Bonchev–Trinajstić information content (AvgIpc) is 2.53. The molecule has 1 aromatic carbocycles. The standard InChI is InChI=1S/C17H16N2OS/c20-13-5-7-15-17(11-13)21-16-10-12(4-6-14(16)18-15)19-8-2-1-3-9-19/h4-7,10-11H,1-3,8-9H2. The summed E-state index contributed by atoms with van der Waals surface area (Å²) in [6.07, 6.45) is 3.89. The largest absolute Gasteiger partial charge is 0.371 e. The normalized spacial score (nSPS) is 15.7. The molecule has 2 aliphatic heterocycles. The first-order valence-electron chi connectivity index (χ1n) is 7.39. The van der Waals surface area contributed by atoms with E-state index in [9.17, 15) is 4.79 Å². The molecule has 0 spiro atoms. The van der Waals surface area contributed by atoms with Crippen molar-refractivity contribution in [3.8, 4) is 10.6 Å². The minimum atomic E-state index is 0.0482. The molecule has 3 aliphatic rings. The number of hydrogen-bond donors (Lipinski definition) is 0. The molecule has 106 valence electrons. The number of rotatable bonds is 1. The van der Waals surface area contributed by atoms with Gasteiger partial charge in [-0.05, 0) is 49.6 Å². The van der Waals surface area contributed by atoms with E-state index in [-0.39, 0.29) is 5.43 Å². The van der Waals surface area contributed by atoms with Gasteiger partial charge in [-0.1, -0.05) is 0 Å². The second-order valence-electron chi connectivity index (χ2n) is 5.54. The second-order valence-corrected chi connectivity index (χ2v) is 6.63. The van der Waals surface area contributed by atoms with Gasteiger partial charge in [0.05, 0.1) is 20.8 Å². The second kappa shape index (κ2) is 5.11. The van der Waals surface area contributed by atoms with Crippen LogP contribution in [0.3, 0.4) is 0 Å². The van der Waals surface area contributed by atoms with E-state index in [1.165, 1.54) is 24.9 Å². The van der Waals surface area contributed by atoms with Crippen LogP contribution in [0.2, 0.25) is 0 Å². The van der Waals surface area contributed by atoms with Crippen molar-refractivity contribution in [1.29, 1.82) is 0 Å². The zero-order chi connectivity index (χ0) is 14.2. The Balaban J connectivity index is 1.84. The molecule has 3 nitrogen and oxygen atoms in total. The lowest BCUT2D eigenvalue weighted by Gasteiger charge is -2.28. The molecule has 21 heavy (non-hydrogen) atoms. The Bertz CT molecular complexity index is 821. The highest BCUT2D eigenvalue weighted by Gasteiger charge is 2.13. The predicted octanol–water partition coefficient (Wildman–Crippen LogP) is 3.75. The van der Waals surface area contributed by atoms with Gasteiger partial charge in [0.2, 0.25) is 0 Å². The third-order valence-corrected chi connectivity index (χ3v) is 5.15. The number of aromatic nitrogens is 1. The van der Waals surface area contributed by atoms with Crippen LogP contribution in [0.15, 0.2) is 41.2 Å². The number of hydrogen-bond acceptors (Lipinski definition) is 4. The highest BCUT2D eigenvalue weighted by atomic mass is 32.1. The highest BCUT2D eigenvalue weighted by molar-refractivity contribution is 7.21. The Kier molecular flexibility index (Phi) is 3.11. The molecule has 0 bridgehead atoms. The molecule has 2 heterocycles. The third-order valence-electron chi connectivity index (χ3n) is 4.06. The Morgan fingerprint density at radius 3 is 2.71 bits per heavy atom. The lowest BCUT2D eigenvalue weighted by Crippen LogP contribution is -2.29. The van der Waals surface area contributed by atoms with Crippen molar-refractivity contribution in [3.05, 3.63) is 46.6 Å². The van der Waals surface area contributed by atoms with Gasteiger partial charge >= 0.3 is 0 Å². The summed E-state index contributed by atoms with van der Waals surface area (Å²) in [7, 11) is 0. The monoisotopic (exact) mass is 296 g/mol. The van der Waals surface area contributed by atoms with Gasteiger partial charge < -0.3 is 4.90 Å². The molecule has 0 atom stereocenters. The van der Waals surface area contributed by atoms with Gasteiger partial charge in [0.15, 0.2) is 5.43 Å². The van der Waals surface area contributed by atoms with Crippen LogP contribution in [0.1, 0.15) is 19.3 Å². The summed E-state index contributed by atoms with van der Waals surface area (Å²) in [5.41, 5.74) is 3.23. The zero-order valence-electron chi connectivity index (χ0n) is 11.7. The van der Waals surface area contributed by atoms with Crippen molar-refractivity contribution >= 4 is 27.2 Å². The SMILES string of the molecule is O=c1ccc2nc3ccc(N4CCCCC4)cc3sc-2c1. The molecule has 4 rings (SSSR count). The zero-order valence-corrected chi connectivity index (χ0v) is 12.5. The van der Waals surface area contributed by atoms with Gasteiger partial charge in [-0.3, -0.25) is 4.79 Å². The molecule has 0 N–H and O–H groups in total. The van der Waals surface area contributed by atoms with Crippen LogP contribution in [-0.4, -0.2) is 18.1 Å². The molecule has 4 heteroatoms. The van der Waals surface area contributed by atoms with Crippen molar-refractivity contribution < 1.29 is 0 Å². The minimum absolute atomic E-state index is 0.0482. The van der Waals surface area contributed by atoms with E-state index in [4.69, 9.17) is 0 Å². The molecule has 1 saturated heterocycles. The molecule has 0 radical (unpaired) electrons. The van der Waals surface area contributed by atoms with Gasteiger partial charge in [-0.15, -0.1) is 11.3 Å². The lowest BCUT2D eigenvalue weighted by atomic mass is 10.1. The van der Waals surface area contributed by atoms with Gasteiger partial charge in [-0.25, -0.2) is 4.98 Å². The molecule has 1 fully saturated rings. The van der Waals surface area contributed by atoms with Gasteiger partial charge in [0.1, 0.15) is 0 Å². The first kappa shape index (κ1) is 12.8. The van der Waals surface area contributed by atoms with Gasteiger partial charge in [-0.2, -0.15) is 0 Å². The first-order valence-corrected chi connectivity index (χ1v) is 8.21. The van der Waals surface area contributed by atoms with Crippen LogP contribution in [0.4, 0.5) is 5.69 Å². The Morgan fingerprint density at radius 2 is 1.86 bits per heavy atom. The first-order chi connectivity index (χ1) is 10.3. The number of piperidine rings is 1. The summed E-state index contributed by atoms with van der Waals surface area (Å²) < 4.78 is 1.15. The van der Waals surface area contributed by atoms with Crippen LogP contribution >= 0.6 is 11.3 Å². The Morgan fingerprint density at radius 1 is 1.00 bits per heavy atom. The summed E-state index contributed by atoms with van der Waals surface area (Å²) in [6, 6.07) is 11.6. The lowest BCUT2D eigenvalue weighted by molar-refractivity contribution is 0.578. The van der Waals surface area contributed by atoms with Crippen LogP contribution in [0.25, 0.3) is 20.8 Å². The fraction of sp³-hybridized carbons (Fsp3) is 0.294. The van der Waals surface area contributed by atoms with E-state index in [1.807, 2.05) is 6.07 Å². The van der Waals surface area contributed by atoms with E-state index in [2.05, 4.69) is 28.1 Å². The molecule has 0 saturated carbocycles. The van der Waals surface area contributed by atoms with Crippen LogP contribution in [0, 0.1) is 0 Å². The predicted molar refractivity (Wildman–Crippen MR) is 88.6 cm³/mol. The summed E-state index contributed by atoms with van der Waals surface area (Å²) in [6.45, 7) is 2.28. The summed E-state index contributed by atoms with van der Waals surface area (Å²) in [5.74, 6) is 0. The quantitative estimate of drug-likeness (QED) is 0.641. The smallest absolute Gasteiger partial charge is 0.180 e. The van der Waals surface area contributed by atoms with E-state index < -0.39 is 0 Å². The molecule has 0 amide bonds.